The lowest BCUT2D eigenvalue weighted by molar-refractivity contribution is -0.133. The third-order valence-electron chi connectivity index (χ3n) is 9.80. The maximum Gasteiger partial charge on any atom is 0.315 e. The maximum atomic E-state index is 12.7. The fourth-order valence-corrected chi connectivity index (χ4v) is 7.86. The van der Waals surface area contributed by atoms with Crippen LogP contribution < -0.4 is 74.9 Å². The van der Waals surface area contributed by atoms with E-state index in [1.807, 2.05) is 0 Å². The summed E-state index contributed by atoms with van der Waals surface area (Å²) in [6.07, 6.45) is 1.48. The van der Waals surface area contributed by atoms with Crippen molar-refractivity contribution in [2.24, 2.45) is 5.73 Å². The van der Waals surface area contributed by atoms with Crippen LogP contribution in [0.25, 0.3) is 0 Å². The predicted octanol–water partition coefficient (Wildman–Crippen LogP) is -10.3. The van der Waals surface area contributed by atoms with Crippen LogP contribution in [0.5, 0.6) is 0 Å². The third-order valence-corrected chi connectivity index (χ3v) is 11.3. The SMILES string of the molecule is NC(=O)CNC(=O)C(CCO)NC(=O)CNC(=O)C(CCO)NC(=O)CNC(=O)C(CCO)NC(=O)CNC(=O)CNC(=O)CNC(=O)CNC(=O)CNC(=O)CCCCC1SCC2NC(=O)NC21. The number of hydrogen-bond acceptors (Lipinski definition) is 17. The van der Waals surface area contributed by atoms with E-state index in [4.69, 9.17) is 5.73 Å². The van der Waals surface area contributed by atoms with Crippen LogP contribution in [0.1, 0.15) is 44.9 Å². The number of fused-ring (bicyclic) bond motifs is 1. The van der Waals surface area contributed by atoms with Gasteiger partial charge in [-0.2, -0.15) is 11.8 Å². The molecule has 14 amide bonds. The Labute approximate surface area is 398 Å². The van der Waals surface area contributed by atoms with E-state index in [-0.39, 0.29) is 61.5 Å². The molecule has 0 aliphatic carbocycles. The first-order chi connectivity index (χ1) is 32.8. The minimum atomic E-state index is -1.41. The molecule has 2 fully saturated rings. The number of aliphatic hydroxyl groups is 3. The number of carbonyl (C=O) groups is 13. The van der Waals surface area contributed by atoms with Crippen LogP contribution in [0.15, 0.2) is 0 Å². The Hall–Kier alpha value is -6.86. The third kappa shape index (κ3) is 24.1. The van der Waals surface area contributed by atoms with Crippen molar-refractivity contribution in [3.05, 3.63) is 0 Å². The molecular formula is C38H62N14O16S. The topological polar surface area (TPSA) is 465 Å². The molecule has 0 aromatic heterocycles. The van der Waals surface area contributed by atoms with Gasteiger partial charge in [-0.1, -0.05) is 6.42 Å². The van der Waals surface area contributed by atoms with Crippen molar-refractivity contribution in [1.29, 1.82) is 0 Å². The molecule has 69 heavy (non-hydrogen) atoms. The van der Waals surface area contributed by atoms with Crippen molar-refractivity contribution in [1.82, 2.24) is 69.1 Å². The number of nitrogens with two attached hydrogens (primary N) is 1. The summed E-state index contributed by atoms with van der Waals surface area (Å²) in [5.41, 5.74) is 4.97. The van der Waals surface area contributed by atoms with Crippen LogP contribution >= 0.6 is 11.8 Å². The van der Waals surface area contributed by atoms with Gasteiger partial charge in [-0.05, 0) is 32.1 Å². The van der Waals surface area contributed by atoms with E-state index in [1.54, 1.807) is 11.8 Å². The van der Waals surface area contributed by atoms with Gasteiger partial charge < -0.3 is 90.2 Å². The summed E-state index contributed by atoms with van der Waals surface area (Å²) in [5.74, 6) is -8.88. The highest BCUT2D eigenvalue weighted by atomic mass is 32.2. The molecule has 2 saturated heterocycles. The smallest absolute Gasteiger partial charge is 0.315 e. The molecule has 0 aromatic carbocycles. The first-order valence-electron chi connectivity index (χ1n) is 21.7. The Kier molecular flexibility index (Phi) is 27.0. The fourth-order valence-electron chi connectivity index (χ4n) is 6.32. The van der Waals surface area contributed by atoms with E-state index in [1.165, 1.54) is 0 Å². The molecule has 0 radical (unpaired) electrons. The standard InChI is InChI=1S/C38H62N14O16S/c39-25(56)11-45-35(65)20(5-8-53)49-32(63)17-47-37(67)22(7-10-55)50-33(64)18-46-36(66)21(6-9-54)48-31(62)16-44-30(61)15-43-29(60)14-42-28(59)13-41-27(58)12-40-26(57)4-2-1-3-24-34-23(19-69-24)51-38(68)52-34/h20-24,34,53-55H,1-19H2,(H2,39,56)(H,40,57)(H,41,58)(H,42,59)(H,43,60)(H,44,61)(H,45,65)(H,46,66)(H,47,67)(H,48,62)(H,49,63)(H,50,64)(H2,51,52,68). The van der Waals surface area contributed by atoms with Gasteiger partial charge >= 0.3 is 6.03 Å². The second-order valence-corrected chi connectivity index (χ2v) is 16.5. The van der Waals surface area contributed by atoms with E-state index in [2.05, 4.69) is 69.1 Å². The zero-order valence-electron chi connectivity index (χ0n) is 37.5. The fraction of sp³-hybridized carbons (Fsp3) is 0.658. The number of rotatable bonds is 33. The molecule has 2 aliphatic heterocycles. The molecular weight excluding hydrogens is 941 g/mol. The lowest BCUT2D eigenvalue weighted by Crippen LogP contribution is -2.54. The highest BCUT2D eigenvalue weighted by Gasteiger charge is 2.42. The second-order valence-electron chi connectivity index (χ2n) is 15.3. The van der Waals surface area contributed by atoms with Crippen LogP contribution in [0.4, 0.5) is 4.79 Å². The van der Waals surface area contributed by atoms with Gasteiger partial charge in [0.05, 0.1) is 64.4 Å². The Morgan fingerprint density at radius 3 is 1.26 bits per heavy atom. The van der Waals surface area contributed by atoms with Crippen LogP contribution in [-0.4, -0.2) is 206 Å². The molecule has 31 heteroatoms. The van der Waals surface area contributed by atoms with Crippen molar-refractivity contribution in [3.63, 3.8) is 0 Å². The second kappa shape index (κ2) is 32.0. The maximum absolute atomic E-state index is 12.7. The number of aliphatic hydroxyl groups excluding tert-OH is 3. The number of thioether (sulfide) groups is 1. The number of primary amides is 1. The first kappa shape index (κ1) is 58.3. The van der Waals surface area contributed by atoms with Crippen molar-refractivity contribution >= 4 is 88.7 Å². The Morgan fingerprint density at radius 2 is 0.870 bits per heavy atom. The number of urea groups is 1. The Bertz CT molecular complexity index is 1860. The van der Waals surface area contributed by atoms with Gasteiger partial charge in [0.25, 0.3) is 0 Å². The van der Waals surface area contributed by atoms with Crippen LogP contribution in [0, 0.1) is 0 Å². The Morgan fingerprint density at radius 1 is 0.507 bits per heavy atom. The number of amides is 14. The highest BCUT2D eigenvalue weighted by Crippen LogP contribution is 2.33. The van der Waals surface area contributed by atoms with E-state index in [0.29, 0.717) is 6.42 Å². The largest absolute Gasteiger partial charge is 0.396 e. The molecule has 0 bridgehead atoms. The van der Waals surface area contributed by atoms with Gasteiger partial charge in [-0.25, -0.2) is 4.79 Å². The van der Waals surface area contributed by atoms with Crippen molar-refractivity contribution < 1.29 is 77.6 Å². The zero-order valence-corrected chi connectivity index (χ0v) is 38.4. The van der Waals surface area contributed by atoms with E-state index < -0.39 is 149 Å². The number of nitrogens with one attached hydrogen (secondary N) is 13. The van der Waals surface area contributed by atoms with Gasteiger partial charge in [-0.3, -0.25) is 57.5 Å². The molecule has 386 valence electrons. The molecule has 2 rings (SSSR count). The van der Waals surface area contributed by atoms with E-state index in [9.17, 15) is 77.6 Å². The molecule has 0 saturated carbocycles. The average Bonchev–Trinajstić information content (AvgIpc) is 3.87. The normalized spacial score (nSPS) is 16.8. The van der Waals surface area contributed by atoms with Crippen molar-refractivity contribution in [2.45, 2.75) is 80.4 Å². The summed E-state index contributed by atoms with van der Waals surface area (Å²) in [6.45, 7) is -6.49. The molecule has 6 atom stereocenters. The Balaban J connectivity index is 1.62. The number of carbonyl (C=O) groups excluding carboxylic acids is 13. The lowest BCUT2D eigenvalue weighted by Gasteiger charge is -2.20. The van der Waals surface area contributed by atoms with Gasteiger partial charge in [-0.15, -0.1) is 0 Å². The molecule has 30 nitrogen and oxygen atoms in total. The molecule has 2 aliphatic rings. The molecule has 18 N–H and O–H groups in total. The minimum absolute atomic E-state index is 0.0773. The number of unbranched alkanes of at least 4 members (excludes halogenated alkanes) is 1. The summed E-state index contributed by atoms with van der Waals surface area (Å²) in [5, 5.41) is 58.7. The highest BCUT2D eigenvalue weighted by molar-refractivity contribution is 8.00. The van der Waals surface area contributed by atoms with E-state index in [0.717, 1.165) is 18.6 Å². The predicted molar refractivity (Wildman–Crippen MR) is 238 cm³/mol. The zero-order chi connectivity index (χ0) is 51.3. The molecule has 0 aromatic rings. The lowest BCUT2D eigenvalue weighted by atomic mass is 10.0. The van der Waals surface area contributed by atoms with Gasteiger partial charge in [0.1, 0.15) is 18.1 Å². The van der Waals surface area contributed by atoms with Gasteiger partial charge in [0.2, 0.25) is 70.9 Å². The first-order valence-corrected chi connectivity index (χ1v) is 22.7. The summed E-state index contributed by atoms with van der Waals surface area (Å²) < 4.78 is 0. The summed E-state index contributed by atoms with van der Waals surface area (Å²) in [6, 6.07) is -4.07. The molecule has 2 heterocycles. The van der Waals surface area contributed by atoms with Gasteiger partial charge in [0.15, 0.2) is 0 Å². The summed E-state index contributed by atoms with van der Waals surface area (Å²) in [7, 11) is 0. The van der Waals surface area contributed by atoms with Gasteiger partial charge in [0, 0.05) is 37.2 Å². The van der Waals surface area contributed by atoms with Crippen LogP contribution in [0.2, 0.25) is 0 Å². The van der Waals surface area contributed by atoms with Crippen molar-refractivity contribution in [2.75, 3.05) is 77.9 Å². The summed E-state index contributed by atoms with van der Waals surface area (Å²) in [4.78, 5) is 158. The summed E-state index contributed by atoms with van der Waals surface area (Å²) >= 11 is 1.77. The van der Waals surface area contributed by atoms with Crippen molar-refractivity contribution in [3.8, 4) is 0 Å². The quantitative estimate of drug-likeness (QED) is 0.0214. The van der Waals surface area contributed by atoms with Crippen LogP contribution in [-0.2, 0) is 57.5 Å². The number of hydrogen-bond donors (Lipinski definition) is 17. The van der Waals surface area contributed by atoms with Crippen LogP contribution in [0.3, 0.4) is 0 Å². The minimum Gasteiger partial charge on any atom is -0.396 e. The monoisotopic (exact) mass is 1000 g/mol. The molecule has 6 unspecified atom stereocenters. The molecule has 0 spiro atoms. The van der Waals surface area contributed by atoms with E-state index >= 15 is 0 Å². The average molecular weight is 1000 g/mol.